The molecule has 0 saturated heterocycles. The largest absolute Gasteiger partial charge is 0.508 e. The normalized spacial score (nSPS) is 10.4. The number of hydrogen-bond donors (Lipinski definition) is 2. The Morgan fingerprint density at radius 3 is 2.05 bits per heavy atom. The van der Waals surface area contributed by atoms with Gasteiger partial charge in [-0.05, 0) is 37.1 Å². The number of unbranched alkanes of at least 4 members (excludes halogenated alkanes) is 6. The predicted molar refractivity (Wildman–Crippen MR) is 77.8 cm³/mol. The van der Waals surface area contributed by atoms with Gasteiger partial charge in [-0.1, -0.05) is 32.1 Å². The fourth-order valence-corrected chi connectivity index (χ4v) is 1.94. The van der Waals surface area contributed by atoms with Gasteiger partial charge < -0.3 is 14.9 Å². The van der Waals surface area contributed by atoms with Crippen molar-refractivity contribution in [1.29, 1.82) is 0 Å². The molecule has 0 atom stereocenters. The lowest BCUT2D eigenvalue weighted by Gasteiger charge is -2.05. The van der Waals surface area contributed by atoms with Crippen molar-refractivity contribution in [3.63, 3.8) is 0 Å². The zero-order valence-corrected chi connectivity index (χ0v) is 11.9. The fourth-order valence-electron chi connectivity index (χ4n) is 1.94. The monoisotopic (exact) mass is 280 g/mol. The lowest BCUT2D eigenvalue weighted by molar-refractivity contribution is 0.0497. The Hall–Kier alpha value is -1.55. The summed E-state index contributed by atoms with van der Waals surface area (Å²) in [5.74, 6) is -0.198. The molecule has 1 aromatic carbocycles. The maximum absolute atomic E-state index is 11.6. The Morgan fingerprint density at radius 2 is 1.45 bits per heavy atom. The van der Waals surface area contributed by atoms with Gasteiger partial charge in [-0.2, -0.15) is 0 Å². The molecule has 0 heterocycles. The van der Waals surface area contributed by atoms with E-state index in [-0.39, 0.29) is 18.3 Å². The number of phenolic OH excluding ortho intramolecular Hbond substituents is 1. The molecule has 0 fully saturated rings. The highest BCUT2D eigenvalue weighted by Crippen LogP contribution is 2.11. The molecular weight excluding hydrogens is 256 g/mol. The van der Waals surface area contributed by atoms with Gasteiger partial charge in [-0.25, -0.2) is 4.79 Å². The molecule has 0 aliphatic rings. The first-order chi connectivity index (χ1) is 9.74. The van der Waals surface area contributed by atoms with Crippen molar-refractivity contribution in [2.45, 2.75) is 44.9 Å². The molecule has 0 radical (unpaired) electrons. The SMILES string of the molecule is O=C(OCCCCCCCCCO)c1ccc(O)cc1. The smallest absolute Gasteiger partial charge is 0.338 e. The zero-order chi connectivity index (χ0) is 14.6. The summed E-state index contributed by atoms with van der Waals surface area (Å²) in [6, 6.07) is 6.06. The molecule has 2 N–H and O–H groups in total. The topological polar surface area (TPSA) is 66.8 Å². The Labute approximate surface area is 120 Å². The summed E-state index contributed by atoms with van der Waals surface area (Å²) in [7, 11) is 0. The molecule has 0 bridgehead atoms. The molecule has 0 unspecified atom stereocenters. The van der Waals surface area contributed by atoms with Crippen LogP contribution in [-0.4, -0.2) is 29.4 Å². The standard InChI is InChI=1S/C16H24O4/c17-12-6-4-2-1-3-5-7-13-20-16(19)14-8-10-15(18)11-9-14/h8-11,17-18H,1-7,12-13H2. The first-order valence-corrected chi connectivity index (χ1v) is 7.31. The Bertz CT molecular complexity index is 373. The summed E-state index contributed by atoms with van der Waals surface area (Å²) < 4.78 is 5.16. The van der Waals surface area contributed by atoms with Crippen molar-refractivity contribution in [3.05, 3.63) is 29.8 Å². The van der Waals surface area contributed by atoms with Crippen LogP contribution >= 0.6 is 0 Å². The van der Waals surface area contributed by atoms with Gasteiger partial charge in [0, 0.05) is 6.61 Å². The summed E-state index contributed by atoms with van der Waals surface area (Å²) >= 11 is 0. The van der Waals surface area contributed by atoms with Crippen LogP contribution in [0.2, 0.25) is 0 Å². The molecule has 1 aromatic rings. The molecule has 4 heteroatoms. The molecule has 0 amide bonds. The first kappa shape index (κ1) is 16.5. The van der Waals surface area contributed by atoms with Crippen LogP contribution in [0.15, 0.2) is 24.3 Å². The zero-order valence-electron chi connectivity index (χ0n) is 11.9. The third kappa shape index (κ3) is 7.14. The summed E-state index contributed by atoms with van der Waals surface area (Å²) in [4.78, 5) is 11.6. The number of rotatable bonds is 10. The highest BCUT2D eigenvalue weighted by atomic mass is 16.5. The first-order valence-electron chi connectivity index (χ1n) is 7.31. The van der Waals surface area contributed by atoms with Gasteiger partial charge in [0.1, 0.15) is 5.75 Å². The second-order valence-corrected chi connectivity index (χ2v) is 4.88. The highest BCUT2D eigenvalue weighted by molar-refractivity contribution is 5.89. The van der Waals surface area contributed by atoms with E-state index in [1.54, 1.807) is 12.1 Å². The second kappa shape index (κ2) is 10.3. The highest BCUT2D eigenvalue weighted by Gasteiger charge is 2.06. The maximum Gasteiger partial charge on any atom is 0.338 e. The number of aromatic hydroxyl groups is 1. The van der Waals surface area contributed by atoms with Gasteiger partial charge in [0.15, 0.2) is 0 Å². The molecule has 0 aliphatic heterocycles. The van der Waals surface area contributed by atoms with Crippen LogP contribution in [0.1, 0.15) is 55.3 Å². The minimum atomic E-state index is -0.340. The fraction of sp³-hybridized carbons (Fsp3) is 0.562. The van der Waals surface area contributed by atoms with Crippen LogP contribution in [0.5, 0.6) is 5.75 Å². The quantitative estimate of drug-likeness (QED) is 0.510. The number of carbonyl (C=O) groups is 1. The van der Waals surface area contributed by atoms with Crippen LogP contribution in [0, 0.1) is 0 Å². The number of benzene rings is 1. The second-order valence-electron chi connectivity index (χ2n) is 4.88. The minimum absolute atomic E-state index is 0.141. The van der Waals surface area contributed by atoms with E-state index in [0.717, 1.165) is 38.5 Å². The van der Waals surface area contributed by atoms with E-state index in [9.17, 15) is 4.79 Å². The molecule has 4 nitrogen and oxygen atoms in total. The number of hydrogen-bond acceptors (Lipinski definition) is 4. The van der Waals surface area contributed by atoms with Gasteiger partial charge in [0.25, 0.3) is 0 Å². The van der Waals surface area contributed by atoms with Gasteiger partial charge in [-0.15, -0.1) is 0 Å². The maximum atomic E-state index is 11.6. The average molecular weight is 280 g/mol. The van der Waals surface area contributed by atoms with Crippen molar-refractivity contribution < 1.29 is 19.7 Å². The van der Waals surface area contributed by atoms with E-state index in [1.165, 1.54) is 18.6 Å². The number of aliphatic hydroxyl groups is 1. The summed E-state index contributed by atoms with van der Waals surface area (Å²) in [5, 5.41) is 17.8. The number of ether oxygens (including phenoxy) is 1. The van der Waals surface area contributed by atoms with E-state index in [2.05, 4.69) is 0 Å². The summed E-state index contributed by atoms with van der Waals surface area (Å²) in [5.41, 5.74) is 0.465. The van der Waals surface area contributed by atoms with Gasteiger partial charge >= 0.3 is 5.97 Å². The molecular formula is C16H24O4. The van der Waals surface area contributed by atoms with E-state index in [0.29, 0.717) is 12.2 Å². The van der Waals surface area contributed by atoms with Gasteiger partial charge in [0.2, 0.25) is 0 Å². The molecule has 0 aromatic heterocycles. The lowest BCUT2D eigenvalue weighted by Crippen LogP contribution is -2.06. The van der Waals surface area contributed by atoms with Crippen LogP contribution in [-0.2, 0) is 4.74 Å². The van der Waals surface area contributed by atoms with E-state index >= 15 is 0 Å². The van der Waals surface area contributed by atoms with Crippen molar-refractivity contribution >= 4 is 5.97 Å². The Morgan fingerprint density at radius 1 is 0.900 bits per heavy atom. The van der Waals surface area contributed by atoms with Gasteiger partial charge in [-0.3, -0.25) is 0 Å². The van der Waals surface area contributed by atoms with Crippen LogP contribution < -0.4 is 0 Å². The molecule has 112 valence electrons. The summed E-state index contributed by atoms with van der Waals surface area (Å²) in [6.45, 7) is 0.726. The van der Waals surface area contributed by atoms with E-state index in [4.69, 9.17) is 14.9 Å². The van der Waals surface area contributed by atoms with Crippen LogP contribution in [0.3, 0.4) is 0 Å². The van der Waals surface area contributed by atoms with E-state index in [1.807, 2.05) is 0 Å². The predicted octanol–water partition coefficient (Wildman–Crippen LogP) is 3.27. The van der Waals surface area contributed by atoms with Crippen LogP contribution in [0.4, 0.5) is 0 Å². The third-order valence-electron chi connectivity index (χ3n) is 3.14. The van der Waals surface area contributed by atoms with Crippen LogP contribution in [0.25, 0.3) is 0 Å². The molecule has 0 spiro atoms. The molecule has 0 saturated carbocycles. The summed E-state index contributed by atoms with van der Waals surface area (Å²) in [6.07, 6.45) is 7.39. The Kier molecular flexibility index (Phi) is 8.47. The number of esters is 1. The van der Waals surface area contributed by atoms with Crippen molar-refractivity contribution in [1.82, 2.24) is 0 Å². The van der Waals surface area contributed by atoms with Gasteiger partial charge in [0.05, 0.1) is 12.2 Å². The van der Waals surface area contributed by atoms with Crippen molar-refractivity contribution in [2.24, 2.45) is 0 Å². The number of phenols is 1. The Balaban J connectivity index is 2.01. The molecule has 1 rings (SSSR count). The molecule has 0 aliphatic carbocycles. The van der Waals surface area contributed by atoms with E-state index < -0.39 is 0 Å². The minimum Gasteiger partial charge on any atom is -0.508 e. The number of aliphatic hydroxyl groups excluding tert-OH is 1. The van der Waals surface area contributed by atoms with Crippen molar-refractivity contribution in [3.8, 4) is 5.75 Å². The lowest BCUT2D eigenvalue weighted by atomic mass is 10.1. The van der Waals surface area contributed by atoms with Crippen molar-refractivity contribution in [2.75, 3.05) is 13.2 Å². The number of carbonyl (C=O) groups excluding carboxylic acids is 1. The third-order valence-corrected chi connectivity index (χ3v) is 3.14. The average Bonchev–Trinajstić information content (AvgIpc) is 2.46. The molecule has 20 heavy (non-hydrogen) atoms.